The largest absolute Gasteiger partial charge is 0.459 e. The third-order valence-corrected chi connectivity index (χ3v) is 6.49. The Labute approximate surface area is 219 Å². The van der Waals surface area contributed by atoms with Crippen LogP contribution >= 0.6 is 0 Å². The fraction of sp³-hybridized carbons (Fsp3) is 0.286. The summed E-state index contributed by atoms with van der Waals surface area (Å²) < 4.78 is 24.8. The van der Waals surface area contributed by atoms with Gasteiger partial charge in [-0.05, 0) is 35.4 Å². The van der Waals surface area contributed by atoms with E-state index in [1.807, 2.05) is 24.3 Å². The molecule has 9 nitrogen and oxygen atoms in total. The minimum Gasteiger partial charge on any atom is -0.459 e. The predicted octanol–water partition coefficient (Wildman–Crippen LogP) is 3.53. The average Bonchev–Trinajstić information content (AvgIpc) is 3.62. The normalized spacial score (nSPS) is 14.8. The zero-order chi connectivity index (χ0) is 26.5. The van der Waals surface area contributed by atoms with E-state index in [9.17, 15) is 14.0 Å². The molecule has 2 aromatic heterocycles. The van der Waals surface area contributed by atoms with Gasteiger partial charge in [-0.3, -0.25) is 14.5 Å². The first-order valence-corrected chi connectivity index (χ1v) is 12.4. The number of rotatable bonds is 8. The van der Waals surface area contributed by atoms with Crippen LogP contribution in [0.1, 0.15) is 18.1 Å². The maximum absolute atomic E-state index is 14.2. The van der Waals surface area contributed by atoms with Gasteiger partial charge in [0.05, 0.1) is 6.26 Å². The fourth-order valence-corrected chi connectivity index (χ4v) is 4.58. The summed E-state index contributed by atoms with van der Waals surface area (Å²) in [5.41, 5.74) is 2.32. The van der Waals surface area contributed by atoms with E-state index in [-0.39, 0.29) is 24.1 Å². The molecule has 0 spiro atoms. The minimum atomic E-state index is -0.811. The number of carbonyl (C=O) groups is 2. The fourth-order valence-electron chi connectivity index (χ4n) is 4.58. The van der Waals surface area contributed by atoms with E-state index in [0.717, 1.165) is 11.1 Å². The van der Waals surface area contributed by atoms with Gasteiger partial charge in [-0.2, -0.15) is 4.98 Å². The lowest BCUT2D eigenvalue weighted by Gasteiger charge is -2.36. The summed E-state index contributed by atoms with van der Waals surface area (Å²) in [5, 5.41) is 6.77. The van der Waals surface area contributed by atoms with Gasteiger partial charge in [-0.25, -0.2) is 4.39 Å². The molecule has 0 bridgehead atoms. The van der Waals surface area contributed by atoms with Crippen LogP contribution in [0, 0.1) is 5.82 Å². The molecular formula is C28H28FN5O4. The minimum absolute atomic E-state index is 0.107. The number of furan rings is 1. The first-order valence-electron chi connectivity index (χ1n) is 12.4. The van der Waals surface area contributed by atoms with E-state index in [2.05, 4.69) is 20.4 Å². The lowest BCUT2D eigenvalue weighted by atomic mass is 10.0. The Morgan fingerprint density at radius 1 is 1.05 bits per heavy atom. The molecule has 4 aromatic rings. The Morgan fingerprint density at radius 2 is 1.87 bits per heavy atom. The number of amides is 2. The lowest BCUT2D eigenvalue weighted by molar-refractivity contribution is -0.137. The van der Waals surface area contributed by atoms with Gasteiger partial charge in [0.15, 0.2) is 5.76 Å². The maximum atomic E-state index is 14.2. The monoisotopic (exact) mass is 517 g/mol. The SMILES string of the molecule is CC(=O)NC(Cc1ccccc1F)C(=O)N1CCN(Cc2cccc(-c3noc(-c4ccco4)n3)c2)CC1. The van der Waals surface area contributed by atoms with E-state index in [1.165, 1.54) is 13.0 Å². The highest BCUT2D eigenvalue weighted by Gasteiger charge is 2.29. The molecule has 1 fully saturated rings. The second kappa shape index (κ2) is 11.4. The molecule has 0 saturated carbocycles. The number of hydrogen-bond donors (Lipinski definition) is 1. The predicted molar refractivity (Wildman–Crippen MR) is 137 cm³/mol. The second-order valence-corrected chi connectivity index (χ2v) is 9.25. The summed E-state index contributed by atoms with van der Waals surface area (Å²) in [7, 11) is 0. The van der Waals surface area contributed by atoms with Crippen molar-refractivity contribution in [3.05, 3.63) is 83.9 Å². The van der Waals surface area contributed by atoms with E-state index in [1.54, 1.807) is 41.5 Å². The second-order valence-electron chi connectivity index (χ2n) is 9.25. The van der Waals surface area contributed by atoms with Gasteiger partial charge in [0, 0.05) is 51.6 Å². The highest BCUT2D eigenvalue weighted by atomic mass is 19.1. The highest BCUT2D eigenvalue weighted by Crippen LogP contribution is 2.23. The Morgan fingerprint density at radius 3 is 2.61 bits per heavy atom. The molecule has 1 saturated heterocycles. The van der Waals surface area contributed by atoms with Gasteiger partial charge in [-0.15, -0.1) is 0 Å². The molecular weight excluding hydrogens is 489 g/mol. The number of piperazine rings is 1. The number of halogens is 1. The van der Waals surface area contributed by atoms with Crippen LogP contribution in [0.2, 0.25) is 0 Å². The number of aromatic nitrogens is 2. The van der Waals surface area contributed by atoms with Crippen LogP contribution in [0.4, 0.5) is 4.39 Å². The van der Waals surface area contributed by atoms with Crippen molar-refractivity contribution in [3.63, 3.8) is 0 Å². The van der Waals surface area contributed by atoms with Crippen LogP contribution in [0.25, 0.3) is 23.0 Å². The first-order chi connectivity index (χ1) is 18.5. The molecule has 10 heteroatoms. The zero-order valence-corrected chi connectivity index (χ0v) is 21.0. The van der Waals surface area contributed by atoms with E-state index in [4.69, 9.17) is 8.94 Å². The number of nitrogens with one attached hydrogen (secondary N) is 1. The summed E-state index contributed by atoms with van der Waals surface area (Å²) >= 11 is 0. The van der Waals surface area contributed by atoms with Gasteiger partial charge in [0.2, 0.25) is 17.6 Å². The van der Waals surface area contributed by atoms with Gasteiger partial charge in [0.1, 0.15) is 11.9 Å². The van der Waals surface area contributed by atoms with Crippen LogP contribution in [-0.2, 0) is 22.6 Å². The lowest BCUT2D eigenvalue weighted by Crippen LogP contribution is -2.55. The summed E-state index contributed by atoms with van der Waals surface area (Å²) in [6.45, 7) is 4.44. The van der Waals surface area contributed by atoms with E-state index < -0.39 is 6.04 Å². The molecule has 2 amide bonds. The number of benzene rings is 2. The molecule has 5 rings (SSSR count). The van der Waals surface area contributed by atoms with E-state index >= 15 is 0 Å². The van der Waals surface area contributed by atoms with Crippen LogP contribution in [0.15, 0.2) is 75.9 Å². The third kappa shape index (κ3) is 5.97. The molecule has 0 aliphatic carbocycles. The first kappa shape index (κ1) is 25.3. The Hall–Kier alpha value is -4.31. The zero-order valence-electron chi connectivity index (χ0n) is 21.0. The maximum Gasteiger partial charge on any atom is 0.293 e. The Balaban J connectivity index is 1.19. The standard InChI is InChI=1S/C28H28FN5O4/c1-19(35)30-24(17-21-7-2-3-9-23(21)29)28(36)34-13-11-33(12-14-34)18-20-6-4-8-22(16-20)26-31-27(38-32-26)25-10-5-15-37-25/h2-10,15-16,24H,11-14,17-18H2,1H3,(H,30,35). The Kier molecular flexibility index (Phi) is 7.60. The highest BCUT2D eigenvalue weighted by molar-refractivity contribution is 5.87. The van der Waals surface area contributed by atoms with Crippen molar-refractivity contribution in [1.82, 2.24) is 25.3 Å². The van der Waals surface area contributed by atoms with Crippen molar-refractivity contribution in [2.75, 3.05) is 26.2 Å². The number of carbonyl (C=O) groups excluding carboxylic acids is 2. The van der Waals surface area contributed by atoms with Gasteiger partial charge in [0.25, 0.3) is 5.89 Å². The number of nitrogens with zero attached hydrogens (tertiary/aromatic N) is 4. The van der Waals surface area contributed by atoms with Crippen molar-refractivity contribution >= 4 is 11.8 Å². The topological polar surface area (TPSA) is 105 Å². The average molecular weight is 518 g/mol. The van der Waals surface area contributed by atoms with Crippen molar-refractivity contribution in [1.29, 1.82) is 0 Å². The molecule has 1 aliphatic rings. The quantitative estimate of drug-likeness (QED) is 0.381. The van der Waals surface area contributed by atoms with Crippen molar-refractivity contribution in [2.45, 2.75) is 25.9 Å². The van der Waals surface area contributed by atoms with Gasteiger partial charge >= 0.3 is 0 Å². The molecule has 1 N–H and O–H groups in total. The van der Waals surface area contributed by atoms with Crippen molar-refractivity contribution in [3.8, 4) is 23.0 Å². The molecule has 2 aromatic carbocycles. The van der Waals surface area contributed by atoms with Crippen molar-refractivity contribution < 1.29 is 22.9 Å². The van der Waals surface area contributed by atoms with Crippen LogP contribution in [0.3, 0.4) is 0 Å². The van der Waals surface area contributed by atoms with E-state index in [0.29, 0.717) is 55.8 Å². The summed E-state index contributed by atoms with van der Waals surface area (Å²) in [6, 6.07) is 17.0. The molecule has 1 unspecified atom stereocenters. The summed E-state index contributed by atoms with van der Waals surface area (Å²) in [6.07, 6.45) is 1.66. The van der Waals surface area contributed by atoms with Crippen LogP contribution in [0.5, 0.6) is 0 Å². The number of hydrogen-bond acceptors (Lipinski definition) is 7. The molecule has 196 valence electrons. The van der Waals surface area contributed by atoms with Gasteiger partial charge < -0.3 is 19.2 Å². The Bertz CT molecular complexity index is 1400. The van der Waals surface area contributed by atoms with Crippen LogP contribution < -0.4 is 5.32 Å². The smallest absolute Gasteiger partial charge is 0.293 e. The van der Waals surface area contributed by atoms with Crippen molar-refractivity contribution in [2.24, 2.45) is 0 Å². The van der Waals surface area contributed by atoms with Gasteiger partial charge in [-0.1, -0.05) is 41.6 Å². The molecule has 1 aliphatic heterocycles. The van der Waals surface area contributed by atoms with Crippen LogP contribution in [-0.4, -0.2) is 64.0 Å². The molecule has 1 atom stereocenters. The molecule has 38 heavy (non-hydrogen) atoms. The third-order valence-electron chi connectivity index (χ3n) is 6.49. The summed E-state index contributed by atoms with van der Waals surface area (Å²) in [4.78, 5) is 33.4. The molecule has 0 radical (unpaired) electrons. The summed E-state index contributed by atoms with van der Waals surface area (Å²) in [5.74, 6) is 0.407. The molecule has 3 heterocycles.